The van der Waals surface area contributed by atoms with Crippen LogP contribution in [0.3, 0.4) is 0 Å². The lowest BCUT2D eigenvalue weighted by Gasteiger charge is -2.04. The predicted octanol–water partition coefficient (Wildman–Crippen LogP) is 1.35. The molecule has 2 heterocycles. The van der Waals surface area contributed by atoms with Crippen molar-refractivity contribution in [3.8, 4) is 11.4 Å². The summed E-state index contributed by atoms with van der Waals surface area (Å²) in [5, 5.41) is 4.14. The van der Waals surface area contributed by atoms with Gasteiger partial charge in [-0.15, -0.1) is 0 Å². The molecule has 0 saturated heterocycles. The van der Waals surface area contributed by atoms with Crippen molar-refractivity contribution in [2.45, 2.75) is 0 Å². The first-order valence-electron chi connectivity index (χ1n) is 5.21. The van der Waals surface area contributed by atoms with Crippen LogP contribution in [-0.4, -0.2) is 19.3 Å². The van der Waals surface area contributed by atoms with Crippen LogP contribution in [0.4, 0.5) is 0 Å². The fourth-order valence-corrected chi connectivity index (χ4v) is 1.71. The molecule has 2 aromatic heterocycles. The average molecular weight is 226 g/mol. The van der Waals surface area contributed by atoms with Crippen molar-refractivity contribution < 1.29 is 0 Å². The summed E-state index contributed by atoms with van der Waals surface area (Å²) in [4.78, 5) is 14.0. The third-order valence-corrected chi connectivity index (χ3v) is 2.55. The molecule has 0 saturated carbocycles. The van der Waals surface area contributed by atoms with E-state index in [1.165, 1.54) is 0 Å². The van der Waals surface area contributed by atoms with Crippen molar-refractivity contribution in [1.29, 1.82) is 0 Å². The second-order valence-corrected chi connectivity index (χ2v) is 3.60. The Kier molecular flexibility index (Phi) is 2.15. The Balaban J connectivity index is 2.01. The monoisotopic (exact) mass is 226 g/mol. The van der Waals surface area contributed by atoms with E-state index in [9.17, 15) is 4.79 Å². The van der Waals surface area contributed by atoms with Gasteiger partial charge in [0.2, 0.25) is 0 Å². The molecule has 1 aromatic carbocycles. The summed E-state index contributed by atoms with van der Waals surface area (Å²) in [6.07, 6.45) is 6.91. The van der Waals surface area contributed by atoms with Crippen LogP contribution in [0.5, 0.6) is 0 Å². The van der Waals surface area contributed by atoms with Gasteiger partial charge < -0.3 is 4.98 Å². The lowest BCUT2D eigenvalue weighted by Crippen LogP contribution is -2.13. The highest BCUT2D eigenvalue weighted by Crippen LogP contribution is 2.10. The highest BCUT2D eigenvalue weighted by Gasteiger charge is 2.00. The molecule has 0 fully saturated rings. The largest absolute Gasteiger partial charge is 0.330 e. The zero-order valence-corrected chi connectivity index (χ0v) is 8.95. The van der Waals surface area contributed by atoms with Gasteiger partial charge in [-0.05, 0) is 30.3 Å². The molecular weight excluding hydrogens is 216 g/mol. The summed E-state index contributed by atoms with van der Waals surface area (Å²) in [6.45, 7) is 0. The highest BCUT2D eigenvalue weighted by atomic mass is 16.1. The smallest absolute Gasteiger partial charge is 0.312 e. The minimum atomic E-state index is -0.142. The van der Waals surface area contributed by atoms with Gasteiger partial charge >= 0.3 is 5.69 Å². The van der Waals surface area contributed by atoms with E-state index in [0.29, 0.717) is 0 Å². The summed E-state index contributed by atoms with van der Waals surface area (Å²) in [7, 11) is 0. The minimum Gasteiger partial charge on any atom is -0.312 e. The van der Waals surface area contributed by atoms with Crippen molar-refractivity contribution in [3.05, 3.63) is 65.6 Å². The number of benzene rings is 1. The van der Waals surface area contributed by atoms with Crippen molar-refractivity contribution in [2.75, 3.05) is 0 Å². The molecule has 5 heteroatoms. The standard InChI is InChI=1S/C12H10N4O/c17-12-13-7-9-15(12)10-2-4-11(5-3-10)16-8-1-6-14-16/h1-9H,(H,13,17). The van der Waals surface area contributed by atoms with Crippen molar-refractivity contribution in [2.24, 2.45) is 0 Å². The molecule has 0 aliphatic rings. The number of aromatic amines is 1. The number of imidazole rings is 1. The summed E-state index contributed by atoms with van der Waals surface area (Å²) in [5.41, 5.74) is 1.64. The lowest BCUT2D eigenvalue weighted by atomic mass is 10.3. The van der Waals surface area contributed by atoms with Crippen LogP contribution in [0.2, 0.25) is 0 Å². The maximum atomic E-state index is 11.4. The molecule has 0 radical (unpaired) electrons. The molecule has 1 N–H and O–H groups in total. The molecule has 5 nitrogen and oxygen atoms in total. The van der Waals surface area contributed by atoms with Gasteiger partial charge in [0.15, 0.2) is 0 Å². The first-order chi connectivity index (χ1) is 8.34. The summed E-state index contributed by atoms with van der Waals surface area (Å²) in [5.74, 6) is 0. The molecule has 3 aromatic rings. The molecule has 84 valence electrons. The topological polar surface area (TPSA) is 55.6 Å². The Hall–Kier alpha value is -2.56. The van der Waals surface area contributed by atoms with Gasteiger partial charge in [0, 0.05) is 24.8 Å². The molecule has 17 heavy (non-hydrogen) atoms. The third-order valence-electron chi connectivity index (χ3n) is 2.55. The SMILES string of the molecule is O=c1[nH]ccn1-c1ccc(-n2cccn2)cc1. The summed E-state index contributed by atoms with van der Waals surface area (Å²) in [6, 6.07) is 9.46. The van der Waals surface area contributed by atoms with E-state index < -0.39 is 0 Å². The van der Waals surface area contributed by atoms with Crippen LogP contribution in [0.1, 0.15) is 0 Å². The molecule has 0 spiro atoms. The van der Waals surface area contributed by atoms with Gasteiger partial charge in [-0.1, -0.05) is 0 Å². The Labute approximate surface area is 97.0 Å². The van der Waals surface area contributed by atoms with Crippen LogP contribution < -0.4 is 5.69 Å². The van der Waals surface area contributed by atoms with Gasteiger partial charge in [0.05, 0.1) is 11.4 Å². The molecule has 0 aliphatic carbocycles. The van der Waals surface area contributed by atoms with Gasteiger partial charge in [-0.3, -0.25) is 4.57 Å². The Morgan fingerprint density at radius 1 is 1.06 bits per heavy atom. The number of hydrogen-bond acceptors (Lipinski definition) is 2. The number of aromatic nitrogens is 4. The number of hydrogen-bond donors (Lipinski definition) is 1. The number of rotatable bonds is 2. The molecule has 0 unspecified atom stereocenters. The van der Waals surface area contributed by atoms with Gasteiger partial charge in [0.1, 0.15) is 0 Å². The van der Waals surface area contributed by atoms with E-state index in [2.05, 4.69) is 10.1 Å². The summed E-state index contributed by atoms with van der Waals surface area (Å²) < 4.78 is 3.32. The van der Waals surface area contributed by atoms with E-state index in [1.54, 1.807) is 27.8 Å². The first kappa shape index (κ1) is 9.65. The van der Waals surface area contributed by atoms with Crippen LogP contribution in [-0.2, 0) is 0 Å². The Morgan fingerprint density at radius 2 is 1.82 bits per heavy atom. The van der Waals surface area contributed by atoms with Crippen molar-refractivity contribution in [3.63, 3.8) is 0 Å². The zero-order chi connectivity index (χ0) is 11.7. The molecule has 0 bridgehead atoms. The average Bonchev–Trinajstić information content (AvgIpc) is 3.00. The number of nitrogens with one attached hydrogen (secondary N) is 1. The molecule has 0 amide bonds. The minimum absolute atomic E-state index is 0.142. The molecular formula is C12H10N4O. The first-order valence-corrected chi connectivity index (χ1v) is 5.21. The van der Waals surface area contributed by atoms with Crippen LogP contribution in [0.25, 0.3) is 11.4 Å². The second kappa shape index (κ2) is 3.79. The third kappa shape index (κ3) is 1.67. The Morgan fingerprint density at radius 3 is 2.41 bits per heavy atom. The van der Waals surface area contributed by atoms with E-state index in [1.807, 2.05) is 36.5 Å². The van der Waals surface area contributed by atoms with Crippen LogP contribution in [0.15, 0.2) is 59.9 Å². The quantitative estimate of drug-likeness (QED) is 0.717. The predicted molar refractivity (Wildman–Crippen MR) is 63.5 cm³/mol. The Bertz CT molecular complexity index is 661. The maximum absolute atomic E-state index is 11.4. The lowest BCUT2D eigenvalue weighted by molar-refractivity contribution is 0.878. The summed E-state index contributed by atoms with van der Waals surface area (Å²) >= 11 is 0. The van der Waals surface area contributed by atoms with Crippen molar-refractivity contribution in [1.82, 2.24) is 19.3 Å². The maximum Gasteiger partial charge on any atom is 0.330 e. The molecule has 0 aliphatic heterocycles. The van der Waals surface area contributed by atoms with E-state index in [4.69, 9.17) is 0 Å². The molecule has 3 rings (SSSR count). The fourth-order valence-electron chi connectivity index (χ4n) is 1.71. The second-order valence-electron chi connectivity index (χ2n) is 3.60. The van der Waals surface area contributed by atoms with Crippen LogP contribution >= 0.6 is 0 Å². The van der Waals surface area contributed by atoms with E-state index in [0.717, 1.165) is 11.4 Å². The number of nitrogens with zero attached hydrogens (tertiary/aromatic N) is 3. The number of H-pyrrole nitrogens is 1. The molecule has 0 atom stereocenters. The normalized spacial score (nSPS) is 10.6. The van der Waals surface area contributed by atoms with Crippen molar-refractivity contribution >= 4 is 0 Å². The zero-order valence-electron chi connectivity index (χ0n) is 8.95. The van der Waals surface area contributed by atoms with Crippen LogP contribution in [0, 0.1) is 0 Å². The van der Waals surface area contributed by atoms with Gasteiger partial charge in [-0.2, -0.15) is 5.10 Å². The fraction of sp³-hybridized carbons (Fsp3) is 0. The van der Waals surface area contributed by atoms with E-state index in [-0.39, 0.29) is 5.69 Å². The van der Waals surface area contributed by atoms with Gasteiger partial charge in [0.25, 0.3) is 0 Å². The van der Waals surface area contributed by atoms with E-state index >= 15 is 0 Å². The van der Waals surface area contributed by atoms with Gasteiger partial charge in [-0.25, -0.2) is 9.48 Å². The highest BCUT2D eigenvalue weighted by molar-refractivity contribution is 5.40.